The van der Waals surface area contributed by atoms with Gasteiger partial charge < -0.3 is 19.9 Å². The first-order valence-electron chi connectivity index (χ1n) is 6.44. The summed E-state index contributed by atoms with van der Waals surface area (Å²) >= 11 is 0. The molecule has 0 aliphatic carbocycles. The number of hydrogen-bond donors (Lipinski definition) is 1. The van der Waals surface area contributed by atoms with Crippen molar-refractivity contribution in [2.45, 2.75) is 31.9 Å². The molecule has 1 saturated heterocycles. The van der Waals surface area contributed by atoms with E-state index in [1.807, 2.05) is 18.2 Å². The molecule has 0 saturated carbocycles. The zero-order valence-electron chi connectivity index (χ0n) is 10.9. The summed E-state index contributed by atoms with van der Waals surface area (Å²) in [6, 6.07) is 5.75. The second-order valence-corrected chi connectivity index (χ2v) is 4.52. The molecule has 1 aromatic carbocycles. The Bertz CT molecular complexity index is 353. The standard InChI is InChI=1S/C14H21NO3/c1-16-13-6-11(9-15)7-14(8-13)18-10-12-4-2-3-5-17-12/h6-8,12H,2-5,9-10,15H2,1H3. The summed E-state index contributed by atoms with van der Waals surface area (Å²) < 4.78 is 16.6. The van der Waals surface area contributed by atoms with E-state index in [0.717, 1.165) is 36.5 Å². The van der Waals surface area contributed by atoms with Crippen LogP contribution in [0.4, 0.5) is 0 Å². The van der Waals surface area contributed by atoms with Crippen LogP contribution in [0.2, 0.25) is 0 Å². The molecular weight excluding hydrogens is 230 g/mol. The summed E-state index contributed by atoms with van der Waals surface area (Å²) in [5.41, 5.74) is 6.65. The molecule has 2 rings (SSSR count). The van der Waals surface area contributed by atoms with E-state index in [1.54, 1.807) is 7.11 Å². The predicted molar refractivity (Wildman–Crippen MR) is 70.0 cm³/mol. The molecule has 1 aliphatic heterocycles. The van der Waals surface area contributed by atoms with Crippen molar-refractivity contribution >= 4 is 0 Å². The average molecular weight is 251 g/mol. The van der Waals surface area contributed by atoms with Crippen LogP contribution in [0.3, 0.4) is 0 Å². The van der Waals surface area contributed by atoms with E-state index in [0.29, 0.717) is 13.2 Å². The summed E-state index contributed by atoms with van der Waals surface area (Å²) in [6.07, 6.45) is 3.67. The second-order valence-electron chi connectivity index (χ2n) is 4.52. The third-order valence-electron chi connectivity index (χ3n) is 3.12. The fourth-order valence-electron chi connectivity index (χ4n) is 2.08. The Morgan fingerprint density at radius 3 is 2.78 bits per heavy atom. The maximum Gasteiger partial charge on any atom is 0.123 e. The normalized spacial score (nSPS) is 19.6. The summed E-state index contributed by atoms with van der Waals surface area (Å²) in [5.74, 6) is 1.57. The van der Waals surface area contributed by atoms with Crippen molar-refractivity contribution in [3.05, 3.63) is 23.8 Å². The maximum atomic E-state index is 5.77. The van der Waals surface area contributed by atoms with E-state index >= 15 is 0 Å². The average Bonchev–Trinajstić information content (AvgIpc) is 2.45. The number of benzene rings is 1. The van der Waals surface area contributed by atoms with Crippen molar-refractivity contribution in [2.75, 3.05) is 20.3 Å². The van der Waals surface area contributed by atoms with E-state index < -0.39 is 0 Å². The zero-order chi connectivity index (χ0) is 12.8. The van der Waals surface area contributed by atoms with Crippen molar-refractivity contribution < 1.29 is 14.2 Å². The molecule has 2 N–H and O–H groups in total. The van der Waals surface area contributed by atoms with E-state index in [-0.39, 0.29) is 6.10 Å². The van der Waals surface area contributed by atoms with Gasteiger partial charge in [0.15, 0.2) is 0 Å². The fourth-order valence-corrected chi connectivity index (χ4v) is 2.08. The Hall–Kier alpha value is -1.26. The largest absolute Gasteiger partial charge is 0.497 e. The molecule has 0 spiro atoms. The van der Waals surface area contributed by atoms with Crippen molar-refractivity contribution in [1.82, 2.24) is 0 Å². The highest BCUT2D eigenvalue weighted by Gasteiger charge is 2.14. The van der Waals surface area contributed by atoms with Crippen molar-refractivity contribution in [2.24, 2.45) is 5.73 Å². The van der Waals surface area contributed by atoms with Crippen LogP contribution in [-0.2, 0) is 11.3 Å². The first-order chi connectivity index (χ1) is 8.81. The Morgan fingerprint density at radius 2 is 2.11 bits per heavy atom. The molecule has 4 heteroatoms. The molecule has 1 fully saturated rings. The minimum atomic E-state index is 0.214. The smallest absolute Gasteiger partial charge is 0.123 e. The van der Waals surface area contributed by atoms with Crippen LogP contribution in [0.25, 0.3) is 0 Å². The van der Waals surface area contributed by atoms with Gasteiger partial charge in [-0.25, -0.2) is 0 Å². The topological polar surface area (TPSA) is 53.7 Å². The highest BCUT2D eigenvalue weighted by molar-refractivity contribution is 5.38. The summed E-state index contributed by atoms with van der Waals surface area (Å²) in [6.45, 7) is 1.92. The van der Waals surface area contributed by atoms with Crippen LogP contribution in [0.15, 0.2) is 18.2 Å². The van der Waals surface area contributed by atoms with E-state index in [1.165, 1.54) is 6.42 Å². The first kappa shape index (κ1) is 13.2. The van der Waals surface area contributed by atoms with Gasteiger partial charge in [0, 0.05) is 19.2 Å². The molecule has 1 unspecified atom stereocenters. The number of hydrogen-bond acceptors (Lipinski definition) is 4. The molecule has 4 nitrogen and oxygen atoms in total. The SMILES string of the molecule is COc1cc(CN)cc(OCC2CCCCO2)c1. The lowest BCUT2D eigenvalue weighted by Crippen LogP contribution is -2.25. The Labute approximate surface area is 108 Å². The minimum Gasteiger partial charge on any atom is -0.497 e. The number of ether oxygens (including phenoxy) is 3. The summed E-state index contributed by atoms with van der Waals surface area (Å²) in [4.78, 5) is 0. The third kappa shape index (κ3) is 3.62. The van der Waals surface area contributed by atoms with Gasteiger partial charge in [-0.05, 0) is 37.0 Å². The van der Waals surface area contributed by atoms with Crippen LogP contribution in [-0.4, -0.2) is 26.4 Å². The number of methoxy groups -OCH3 is 1. The Morgan fingerprint density at radius 1 is 1.28 bits per heavy atom. The molecule has 1 heterocycles. The molecule has 0 aromatic heterocycles. The predicted octanol–water partition coefficient (Wildman–Crippen LogP) is 2.10. The number of nitrogens with two attached hydrogens (primary N) is 1. The van der Waals surface area contributed by atoms with Gasteiger partial charge in [0.25, 0.3) is 0 Å². The summed E-state index contributed by atoms with van der Waals surface area (Å²) in [7, 11) is 1.64. The van der Waals surface area contributed by atoms with Crippen LogP contribution < -0.4 is 15.2 Å². The van der Waals surface area contributed by atoms with Gasteiger partial charge in [-0.15, -0.1) is 0 Å². The Kier molecular flexibility index (Phi) is 4.84. The lowest BCUT2D eigenvalue weighted by atomic mass is 10.1. The fraction of sp³-hybridized carbons (Fsp3) is 0.571. The molecule has 1 atom stereocenters. The minimum absolute atomic E-state index is 0.214. The second kappa shape index (κ2) is 6.61. The molecule has 100 valence electrons. The molecule has 0 radical (unpaired) electrons. The van der Waals surface area contributed by atoms with Gasteiger partial charge in [-0.1, -0.05) is 0 Å². The lowest BCUT2D eigenvalue weighted by molar-refractivity contribution is -0.0111. The monoisotopic (exact) mass is 251 g/mol. The molecular formula is C14H21NO3. The molecule has 0 bridgehead atoms. The third-order valence-corrected chi connectivity index (χ3v) is 3.12. The van der Waals surface area contributed by atoms with E-state index in [9.17, 15) is 0 Å². The van der Waals surface area contributed by atoms with E-state index in [2.05, 4.69) is 0 Å². The molecule has 1 aromatic rings. The van der Waals surface area contributed by atoms with Crippen LogP contribution in [0.5, 0.6) is 11.5 Å². The highest BCUT2D eigenvalue weighted by atomic mass is 16.5. The summed E-state index contributed by atoms with van der Waals surface area (Å²) in [5, 5.41) is 0. The van der Waals surface area contributed by atoms with Gasteiger partial charge in [-0.2, -0.15) is 0 Å². The van der Waals surface area contributed by atoms with Crippen molar-refractivity contribution in [3.63, 3.8) is 0 Å². The van der Waals surface area contributed by atoms with Crippen LogP contribution in [0.1, 0.15) is 24.8 Å². The van der Waals surface area contributed by atoms with Crippen molar-refractivity contribution in [3.8, 4) is 11.5 Å². The first-order valence-corrected chi connectivity index (χ1v) is 6.44. The van der Waals surface area contributed by atoms with Gasteiger partial charge in [-0.3, -0.25) is 0 Å². The molecule has 0 amide bonds. The molecule has 18 heavy (non-hydrogen) atoms. The van der Waals surface area contributed by atoms with Gasteiger partial charge in [0.2, 0.25) is 0 Å². The van der Waals surface area contributed by atoms with Crippen LogP contribution >= 0.6 is 0 Å². The Balaban J connectivity index is 1.94. The highest BCUT2D eigenvalue weighted by Crippen LogP contribution is 2.23. The quantitative estimate of drug-likeness (QED) is 0.870. The zero-order valence-corrected chi connectivity index (χ0v) is 10.9. The van der Waals surface area contributed by atoms with Gasteiger partial charge in [0.1, 0.15) is 18.1 Å². The van der Waals surface area contributed by atoms with Gasteiger partial charge in [0.05, 0.1) is 13.2 Å². The lowest BCUT2D eigenvalue weighted by Gasteiger charge is -2.22. The van der Waals surface area contributed by atoms with Gasteiger partial charge >= 0.3 is 0 Å². The van der Waals surface area contributed by atoms with E-state index in [4.69, 9.17) is 19.9 Å². The number of rotatable bonds is 5. The van der Waals surface area contributed by atoms with Crippen molar-refractivity contribution in [1.29, 1.82) is 0 Å². The molecule has 1 aliphatic rings. The maximum absolute atomic E-state index is 5.77. The van der Waals surface area contributed by atoms with Crippen LogP contribution in [0, 0.1) is 0 Å².